The molecular weight excluding hydrogens is 393 g/mol. The summed E-state index contributed by atoms with van der Waals surface area (Å²) in [5, 5.41) is 2.09. The molecule has 1 heterocycles. The van der Waals surface area contributed by atoms with Gasteiger partial charge in [-0.15, -0.1) is 0 Å². The summed E-state index contributed by atoms with van der Waals surface area (Å²) in [4.78, 5) is 25.1. The summed E-state index contributed by atoms with van der Waals surface area (Å²) in [6.45, 7) is 1.67. The number of likely N-dealkylation sites (tertiary alicyclic amines) is 1. The number of urea groups is 1. The van der Waals surface area contributed by atoms with Gasteiger partial charge in [0.25, 0.3) is 0 Å². The number of carbonyl (C=O) groups is 2. The Bertz CT molecular complexity index is 862. The quantitative estimate of drug-likeness (QED) is 0.718. The van der Waals surface area contributed by atoms with Crippen LogP contribution in [0.2, 0.25) is 0 Å². The van der Waals surface area contributed by atoms with Crippen LogP contribution in [0.4, 0.5) is 10.5 Å². The standard InChI is InChI=1S/C18H23N3O4S.K/c1-11(22)21-9-14(10-21)26(24,25)20-18(23)19-17-15-6-2-4-12(15)8-13-5-3-7-16(13)17;/h8,14H,2-7,9-10H2,1H3,(H2,19,20,23);. The summed E-state index contributed by atoms with van der Waals surface area (Å²) in [5.74, 6) is -0.156. The topological polar surface area (TPSA) is 95.6 Å². The molecule has 1 saturated heterocycles. The van der Waals surface area contributed by atoms with E-state index in [-0.39, 0.29) is 70.4 Å². The SMILES string of the molecule is CC(=O)N1CC(S(=O)(=O)NC(=O)Nc2c3c(cc4c2CCC4)CCC3)C1.[K]. The third kappa shape index (κ3) is 4.13. The average molecular weight is 417 g/mol. The van der Waals surface area contributed by atoms with Gasteiger partial charge in [0.15, 0.2) is 0 Å². The molecule has 1 fully saturated rings. The second-order valence-corrected chi connectivity index (χ2v) is 9.34. The number of anilines is 1. The van der Waals surface area contributed by atoms with E-state index in [1.54, 1.807) is 0 Å². The number of benzene rings is 1. The van der Waals surface area contributed by atoms with Gasteiger partial charge in [-0.2, -0.15) is 0 Å². The van der Waals surface area contributed by atoms with Gasteiger partial charge in [-0.1, -0.05) is 6.07 Å². The third-order valence-electron chi connectivity index (χ3n) is 5.68. The summed E-state index contributed by atoms with van der Waals surface area (Å²) in [5.41, 5.74) is 5.69. The number of carbonyl (C=O) groups excluding carboxylic acids is 2. The van der Waals surface area contributed by atoms with E-state index < -0.39 is 21.3 Å². The molecule has 2 aliphatic carbocycles. The minimum absolute atomic E-state index is 0. The number of hydrogen-bond donors (Lipinski definition) is 2. The van der Waals surface area contributed by atoms with Crippen molar-refractivity contribution in [2.75, 3.05) is 18.4 Å². The van der Waals surface area contributed by atoms with Crippen molar-refractivity contribution in [2.45, 2.75) is 50.7 Å². The molecule has 9 heteroatoms. The fourth-order valence-corrected chi connectivity index (χ4v) is 5.44. The van der Waals surface area contributed by atoms with Crippen LogP contribution in [0.25, 0.3) is 0 Å². The number of rotatable bonds is 3. The summed E-state index contributed by atoms with van der Waals surface area (Å²) in [6.07, 6.45) is 5.99. The zero-order valence-electron chi connectivity index (χ0n) is 15.8. The maximum absolute atomic E-state index is 12.4. The van der Waals surface area contributed by atoms with Crippen LogP contribution in [0.5, 0.6) is 0 Å². The Morgan fingerprint density at radius 2 is 1.59 bits per heavy atom. The smallest absolute Gasteiger partial charge is 0.332 e. The number of amides is 3. The second kappa shape index (κ2) is 8.12. The number of aryl methyl sites for hydroxylation is 2. The maximum atomic E-state index is 12.4. The minimum atomic E-state index is -3.79. The molecule has 0 aromatic heterocycles. The number of nitrogens with one attached hydrogen (secondary N) is 2. The monoisotopic (exact) mass is 416 g/mol. The van der Waals surface area contributed by atoms with Crippen LogP contribution in [0.3, 0.4) is 0 Å². The Balaban J connectivity index is 0.00000210. The molecule has 3 aliphatic rings. The van der Waals surface area contributed by atoms with Gasteiger partial charge < -0.3 is 10.2 Å². The normalized spacial score (nSPS) is 18.2. The number of fused-ring (bicyclic) bond motifs is 2. The molecule has 1 aliphatic heterocycles. The zero-order valence-corrected chi connectivity index (χ0v) is 19.7. The summed E-state index contributed by atoms with van der Waals surface area (Å²) in [7, 11) is -3.79. The molecule has 4 rings (SSSR count). The predicted molar refractivity (Wildman–Crippen MR) is 103 cm³/mol. The third-order valence-corrected chi connectivity index (χ3v) is 7.32. The van der Waals surface area contributed by atoms with E-state index in [9.17, 15) is 18.0 Å². The molecule has 0 atom stereocenters. The van der Waals surface area contributed by atoms with E-state index in [0.29, 0.717) is 0 Å². The Kier molecular flexibility index (Phi) is 6.39. The van der Waals surface area contributed by atoms with E-state index in [1.807, 2.05) is 0 Å². The fourth-order valence-electron chi connectivity index (χ4n) is 4.21. The molecule has 0 unspecified atom stereocenters. The van der Waals surface area contributed by atoms with Crippen LogP contribution in [-0.2, 0) is 40.5 Å². The van der Waals surface area contributed by atoms with E-state index in [0.717, 1.165) is 55.3 Å². The molecule has 141 valence electrons. The van der Waals surface area contributed by atoms with Crippen LogP contribution < -0.4 is 10.0 Å². The molecule has 1 radical (unpaired) electrons. The molecule has 27 heavy (non-hydrogen) atoms. The molecule has 3 amide bonds. The van der Waals surface area contributed by atoms with Crippen molar-refractivity contribution >= 4 is 79.0 Å². The van der Waals surface area contributed by atoms with Crippen LogP contribution in [-0.4, -0.2) is 95.0 Å². The molecule has 0 bridgehead atoms. The number of nitrogens with zero attached hydrogens (tertiary/aromatic N) is 1. The summed E-state index contributed by atoms with van der Waals surface area (Å²) >= 11 is 0. The number of hydrogen-bond acceptors (Lipinski definition) is 4. The van der Waals surface area contributed by atoms with Gasteiger partial charge in [0.1, 0.15) is 5.25 Å². The first-order chi connectivity index (χ1) is 12.3. The van der Waals surface area contributed by atoms with Crippen LogP contribution >= 0.6 is 0 Å². The van der Waals surface area contributed by atoms with E-state index in [1.165, 1.54) is 23.0 Å². The van der Waals surface area contributed by atoms with Crippen LogP contribution in [0, 0.1) is 0 Å². The molecule has 1 aromatic rings. The Morgan fingerprint density at radius 1 is 1.04 bits per heavy atom. The first kappa shape index (κ1) is 21.3. The van der Waals surface area contributed by atoms with Gasteiger partial charge in [-0.25, -0.2) is 17.9 Å². The van der Waals surface area contributed by atoms with Gasteiger partial charge in [0, 0.05) is 77.1 Å². The van der Waals surface area contributed by atoms with Crippen molar-refractivity contribution in [3.63, 3.8) is 0 Å². The molecule has 1 aromatic carbocycles. The van der Waals surface area contributed by atoms with Crippen LogP contribution in [0.1, 0.15) is 42.0 Å². The molecule has 7 nitrogen and oxygen atoms in total. The van der Waals surface area contributed by atoms with Crippen molar-refractivity contribution in [2.24, 2.45) is 0 Å². The minimum Gasteiger partial charge on any atom is -0.340 e. The van der Waals surface area contributed by atoms with E-state index in [4.69, 9.17) is 0 Å². The molecular formula is C18H23KN3O4S. The summed E-state index contributed by atoms with van der Waals surface area (Å²) < 4.78 is 26.8. The van der Waals surface area contributed by atoms with Gasteiger partial charge in [-0.05, 0) is 60.8 Å². The van der Waals surface area contributed by atoms with Crippen molar-refractivity contribution in [3.8, 4) is 0 Å². The predicted octanol–water partition coefficient (Wildman–Crippen LogP) is 0.965. The van der Waals surface area contributed by atoms with Crippen molar-refractivity contribution < 1.29 is 18.0 Å². The molecule has 2 N–H and O–H groups in total. The first-order valence-corrected chi connectivity index (χ1v) is 10.6. The Hall–Kier alpha value is -0.454. The van der Waals surface area contributed by atoms with Crippen molar-refractivity contribution in [3.05, 3.63) is 28.3 Å². The fraction of sp³-hybridized carbons (Fsp3) is 0.556. The largest absolute Gasteiger partial charge is 0.340 e. The average Bonchev–Trinajstić information content (AvgIpc) is 3.12. The first-order valence-electron chi connectivity index (χ1n) is 9.10. The summed E-state index contributed by atoms with van der Waals surface area (Å²) in [6, 6.07) is 1.55. The van der Waals surface area contributed by atoms with Gasteiger partial charge >= 0.3 is 6.03 Å². The van der Waals surface area contributed by atoms with Crippen molar-refractivity contribution in [1.29, 1.82) is 0 Å². The van der Waals surface area contributed by atoms with Gasteiger partial charge in [0.05, 0.1) is 0 Å². The second-order valence-electron chi connectivity index (χ2n) is 7.38. The molecule has 0 saturated carbocycles. The zero-order chi connectivity index (χ0) is 18.5. The Labute approximate surface area is 202 Å². The van der Waals surface area contributed by atoms with E-state index in [2.05, 4.69) is 16.1 Å². The van der Waals surface area contributed by atoms with Gasteiger partial charge in [0.2, 0.25) is 15.9 Å². The van der Waals surface area contributed by atoms with E-state index >= 15 is 0 Å². The van der Waals surface area contributed by atoms with Gasteiger partial charge in [-0.3, -0.25) is 4.79 Å². The maximum Gasteiger partial charge on any atom is 0.332 e. The molecule has 0 spiro atoms. The number of sulfonamides is 1. The Morgan fingerprint density at radius 3 is 2.11 bits per heavy atom. The van der Waals surface area contributed by atoms with Crippen LogP contribution in [0.15, 0.2) is 6.07 Å². The van der Waals surface area contributed by atoms with Crippen molar-refractivity contribution in [1.82, 2.24) is 9.62 Å².